The van der Waals surface area contributed by atoms with Crippen LogP contribution < -0.4 is 10.9 Å². The van der Waals surface area contributed by atoms with Crippen molar-refractivity contribution in [1.29, 1.82) is 0 Å². The number of aromatic amines is 1. The first-order chi connectivity index (χ1) is 12.6. The molecule has 1 heterocycles. The van der Waals surface area contributed by atoms with E-state index in [0.29, 0.717) is 17.3 Å². The fraction of sp³-hybridized carbons (Fsp3) is 0.250. The summed E-state index contributed by atoms with van der Waals surface area (Å²) < 4.78 is 0. The second-order valence-corrected chi connectivity index (χ2v) is 6.28. The third-order valence-corrected chi connectivity index (χ3v) is 4.21. The van der Waals surface area contributed by atoms with Gasteiger partial charge < -0.3 is 10.2 Å². The van der Waals surface area contributed by atoms with Crippen LogP contribution in [-0.2, 0) is 6.54 Å². The number of nitrogens with zero attached hydrogens (tertiary/aromatic N) is 2. The molecule has 3 rings (SSSR count). The Bertz CT molecular complexity index is 937. The smallest absolute Gasteiger partial charge is 0.272 e. The molecule has 0 spiro atoms. The fourth-order valence-electron chi connectivity index (χ4n) is 2.90. The van der Waals surface area contributed by atoms with Gasteiger partial charge in [-0.3, -0.25) is 9.59 Å². The van der Waals surface area contributed by atoms with Gasteiger partial charge >= 0.3 is 0 Å². The lowest BCUT2D eigenvalue weighted by Crippen LogP contribution is -2.29. The Morgan fingerprint density at radius 1 is 1.08 bits per heavy atom. The van der Waals surface area contributed by atoms with Gasteiger partial charge in [-0.05, 0) is 31.6 Å². The largest absolute Gasteiger partial charge is 0.351 e. The third kappa shape index (κ3) is 4.34. The second-order valence-electron chi connectivity index (χ2n) is 6.28. The molecule has 26 heavy (non-hydrogen) atoms. The monoisotopic (exact) mass is 350 g/mol. The summed E-state index contributed by atoms with van der Waals surface area (Å²) in [5, 5.41) is 10.2. The zero-order valence-electron chi connectivity index (χ0n) is 14.7. The molecule has 2 N–H and O–H groups in total. The topological polar surface area (TPSA) is 78.1 Å². The number of hydrogen-bond donors (Lipinski definition) is 2. The number of carbonyl (C=O) groups is 1. The van der Waals surface area contributed by atoms with Crippen LogP contribution in [0, 0.1) is 0 Å². The maximum absolute atomic E-state index is 12.4. The van der Waals surface area contributed by atoms with E-state index in [1.807, 2.05) is 18.2 Å². The lowest BCUT2D eigenvalue weighted by Gasteiger charge is -2.16. The van der Waals surface area contributed by atoms with E-state index >= 15 is 0 Å². The quantitative estimate of drug-likeness (QED) is 0.640. The molecule has 0 unspecified atom stereocenters. The van der Waals surface area contributed by atoms with Gasteiger partial charge in [0.15, 0.2) is 5.69 Å². The van der Waals surface area contributed by atoms with Crippen molar-refractivity contribution in [2.24, 2.45) is 0 Å². The minimum absolute atomic E-state index is 0.248. The van der Waals surface area contributed by atoms with E-state index in [4.69, 9.17) is 0 Å². The van der Waals surface area contributed by atoms with Crippen molar-refractivity contribution in [3.8, 4) is 0 Å². The predicted octanol–water partition coefficient (Wildman–Crippen LogP) is 2.17. The summed E-state index contributed by atoms with van der Waals surface area (Å²) in [5.74, 6) is -0.275. The Morgan fingerprint density at radius 2 is 1.77 bits per heavy atom. The summed E-state index contributed by atoms with van der Waals surface area (Å²) in [7, 11) is 2.06. The normalized spacial score (nSPS) is 11.0. The van der Waals surface area contributed by atoms with Crippen LogP contribution in [0.1, 0.15) is 22.5 Å². The van der Waals surface area contributed by atoms with Gasteiger partial charge in [0.05, 0.1) is 5.39 Å². The fourth-order valence-corrected chi connectivity index (χ4v) is 2.90. The lowest BCUT2D eigenvalue weighted by atomic mass is 10.1. The highest BCUT2D eigenvalue weighted by Gasteiger charge is 2.13. The van der Waals surface area contributed by atoms with E-state index in [0.717, 1.165) is 19.5 Å². The van der Waals surface area contributed by atoms with Crippen LogP contribution in [0.4, 0.5) is 0 Å². The van der Waals surface area contributed by atoms with Crippen LogP contribution >= 0.6 is 0 Å². The molecule has 0 atom stereocenters. The Balaban J connectivity index is 1.52. The van der Waals surface area contributed by atoms with Gasteiger partial charge in [-0.15, -0.1) is 0 Å². The molecule has 0 saturated heterocycles. The molecule has 0 fully saturated rings. The summed E-state index contributed by atoms with van der Waals surface area (Å²) in [5.41, 5.74) is 1.22. The first kappa shape index (κ1) is 17.8. The van der Waals surface area contributed by atoms with Crippen molar-refractivity contribution >= 4 is 16.7 Å². The van der Waals surface area contributed by atoms with E-state index < -0.39 is 0 Å². The standard InChI is InChI=1S/C20H22N4O2/c1-24(14-15-8-3-2-4-9-15)13-7-12-21-20(26)18-16-10-5-6-11-17(16)19(25)23-22-18/h2-6,8-11H,7,12-14H2,1H3,(H,21,26)(H,23,25). The van der Waals surface area contributed by atoms with Gasteiger partial charge in [-0.1, -0.05) is 48.5 Å². The highest BCUT2D eigenvalue weighted by Crippen LogP contribution is 2.12. The number of amides is 1. The maximum Gasteiger partial charge on any atom is 0.272 e. The Labute approximate surface area is 151 Å². The minimum Gasteiger partial charge on any atom is -0.351 e. The van der Waals surface area contributed by atoms with E-state index in [1.165, 1.54) is 5.56 Å². The number of benzene rings is 2. The number of fused-ring (bicyclic) bond motifs is 1. The van der Waals surface area contributed by atoms with Crippen LogP contribution in [0.15, 0.2) is 59.4 Å². The Hall–Kier alpha value is -2.99. The average molecular weight is 350 g/mol. The van der Waals surface area contributed by atoms with Crippen LogP contribution in [0.3, 0.4) is 0 Å². The van der Waals surface area contributed by atoms with Crippen molar-refractivity contribution in [2.75, 3.05) is 20.1 Å². The van der Waals surface area contributed by atoms with Gasteiger partial charge in [0.2, 0.25) is 0 Å². The molecule has 1 aromatic heterocycles. The molecule has 0 bridgehead atoms. The summed E-state index contributed by atoms with van der Waals surface area (Å²) in [4.78, 5) is 26.4. The average Bonchev–Trinajstić information content (AvgIpc) is 2.66. The number of H-pyrrole nitrogens is 1. The molecule has 6 nitrogen and oxygen atoms in total. The second kappa shape index (κ2) is 8.40. The summed E-state index contributed by atoms with van der Waals surface area (Å²) in [6.07, 6.45) is 0.830. The third-order valence-electron chi connectivity index (χ3n) is 4.21. The van der Waals surface area contributed by atoms with Crippen molar-refractivity contribution in [1.82, 2.24) is 20.4 Å². The first-order valence-electron chi connectivity index (χ1n) is 8.63. The van der Waals surface area contributed by atoms with Crippen molar-refractivity contribution < 1.29 is 4.79 Å². The first-order valence-corrected chi connectivity index (χ1v) is 8.63. The molecule has 3 aromatic rings. The van der Waals surface area contributed by atoms with Crippen molar-refractivity contribution in [2.45, 2.75) is 13.0 Å². The number of rotatable bonds is 7. The lowest BCUT2D eigenvalue weighted by molar-refractivity contribution is 0.0947. The number of aromatic nitrogens is 2. The van der Waals surface area contributed by atoms with Crippen molar-refractivity contribution in [3.05, 3.63) is 76.2 Å². The molecular formula is C20H22N4O2. The molecular weight excluding hydrogens is 328 g/mol. The van der Waals surface area contributed by atoms with Gasteiger partial charge in [0, 0.05) is 18.5 Å². The zero-order chi connectivity index (χ0) is 18.4. The number of carbonyl (C=O) groups excluding carboxylic acids is 1. The summed E-state index contributed by atoms with van der Waals surface area (Å²) in [6, 6.07) is 17.3. The predicted molar refractivity (Wildman–Crippen MR) is 102 cm³/mol. The summed E-state index contributed by atoms with van der Waals surface area (Å²) >= 11 is 0. The van der Waals surface area contributed by atoms with Crippen LogP contribution in [0.5, 0.6) is 0 Å². The van der Waals surface area contributed by atoms with E-state index in [9.17, 15) is 9.59 Å². The maximum atomic E-state index is 12.4. The SMILES string of the molecule is CN(CCCNC(=O)c1n[nH]c(=O)c2ccccc12)Cc1ccccc1. The molecule has 0 aliphatic carbocycles. The van der Waals surface area contributed by atoms with Crippen LogP contribution in [0.2, 0.25) is 0 Å². The minimum atomic E-state index is -0.292. The molecule has 2 aromatic carbocycles. The highest BCUT2D eigenvalue weighted by molar-refractivity contribution is 6.04. The van der Waals surface area contributed by atoms with Crippen molar-refractivity contribution in [3.63, 3.8) is 0 Å². The number of nitrogens with one attached hydrogen (secondary N) is 2. The molecule has 134 valence electrons. The van der Waals surface area contributed by atoms with Crippen LogP contribution in [-0.4, -0.2) is 41.1 Å². The molecule has 0 aliphatic rings. The molecule has 0 radical (unpaired) electrons. The highest BCUT2D eigenvalue weighted by atomic mass is 16.2. The molecule has 6 heteroatoms. The van der Waals surface area contributed by atoms with Crippen LogP contribution in [0.25, 0.3) is 10.8 Å². The number of hydrogen-bond acceptors (Lipinski definition) is 4. The molecule has 0 saturated carbocycles. The van der Waals surface area contributed by atoms with Gasteiger partial charge in [0.1, 0.15) is 0 Å². The van der Waals surface area contributed by atoms with E-state index in [1.54, 1.807) is 24.3 Å². The summed E-state index contributed by atoms with van der Waals surface area (Å²) in [6.45, 7) is 2.29. The zero-order valence-corrected chi connectivity index (χ0v) is 14.7. The van der Waals surface area contributed by atoms with Gasteiger partial charge in [-0.2, -0.15) is 5.10 Å². The Kier molecular flexibility index (Phi) is 5.76. The van der Waals surface area contributed by atoms with Gasteiger partial charge in [-0.25, -0.2) is 5.10 Å². The molecule has 0 aliphatic heterocycles. The molecule has 1 amide bonds. The Morgan fingerprint density at radius 3 is 2.54 bits per heavy atom. The van der Waals surface area contributed by atoms with E-state index in [2.05, 4.69) is 39.6 Å². The van der Waals surface area contributed by atoms with Gasteiger partial charge in [0.25, 0.3) is 11.5 Å². The van der Waals surface area contributed by atoms with E-state index in [-0.39, 0.29) is 17.2 Å².